The molecule has 1 saturated heterocycles. The molecular formula is C12H14F3N3O. The van der Waals surface area contributed by atoms with Gasteiger partial charge in [-0.25, -0.2) is 4.98 Å². The number of hydrogen-bond acceptors (Lipinski definition) is 4. The number of pyridine rings is 1. The standard InChI is InChI=1S/C12H14F3N3O/c1-19-9-4-10-11(16-5-9)18(7-12(13,14)15)8-2-3-17(10)6-8/h4-5,8H,2-3,6-7H2,1H3/t8-/m0/s1. The Morgan fingerprint density at radius 3 is 2.95 bits per heavy atom. The van der Waals surface area contributed by atoms with E-state index in [-0.39, 0.29) is 6.04 Å². The molecule has 1 aromatic rings. The van der Waals surface area contributed by atoms with Gasteiger partial charge in [-0.3, -0.25) is 0 Å². The Hall–Kier alpha value is -1.66. The van der Waals surface area contributed by atoms with E-state index in [1.807, 2.05) is 0 Å². The van der Waals surface area contributed by atoms with E-state index in [1.54, 1.807) is 6.07 Å². The van der Waals surface area contributed by atoms with Crippen LogP contribution in [-0.4, -0.2) is 43.9 Å². The molecule has 2 bridgehead atoms. The Balaban J connectivity index is 2.00. The first-order valence-corrected chi connectivity index (χ1v) is 6.10. The van der Waals surface area contributed by atoms with Crippen molar-refractivity contribution in [2.24, 2.45) is 0 Å². The summed E-state index contributed by atoms with van der Waals surface area (Å²) in [5.74, 6) is 0.975. The van der Waals surface area contributed by atoms with Gasteiger partial charge in [0.15, 0.2) is 5.82 Å². The molecule has 4 nitrogen and oxygen atoms in total. The minimum atomic E-state index is -4.22. The second kappa shape index (κ2) is 4.18. The predicted octanol–water partition coefficient (Wildman–Crippen LogP) is 2.05. The molecule has 2 aliphatic heterocycles. The molecule has 1 aromatic heterocycles. The maximum atomic E-state index is 12.7. The summed E-state index contributed by atoms with van der Waals surface area (Å²) in [5, 5.41) is 0. The Morgan fingerprint density at radius 1 is 1.47 bits per heavy atom. The summed E-state index contributed by atoms with van der Waals surface area (Å²) in [5.41, 5.74) is 0.734. The fraction of sp³-hybridized carbons (Fsp3) is 0.583. The van der Waals surface area contributed by atoms with E-state index >= 15 is 0 Å². The Labute approximate surface area is 108 Å². The topological polar surface area (TPSA) is 28.6 Å². The monoisotopic (exact) mass is 273 g/mol. The summed E-state index contributed by atoms with van der Waals surface area (Å²) < 4.78 is 43.2. The number of hydrogen-bond donors (Lipinski definition) is 0. The molecule has 0 N–H and O–H groups in total. The van der Waals surface area contributed by atoms with E-state index in [2.05, 4.69) is 9.88 Å². The van der Waals surface area contributed by atoms with Gasteiger partial charge < -0.3 is 14.5 Å². The van der Waals surface area contributed by atoms with Crippen LogP contribution in [-0.2, 0) is 0 Å². The number of rotatable bonds is 2. The van der Waals surface area contributed by atoms with Crippen LogP contribution in [0.25, 0.3) is 0 Å². The number of fused-ring (bicyclic) bond motifs is 4. The molecule has 3 heterocycles. The average molecular weight is 273 g/mol. The third-order valence-corrected chi connectivity index (χ3v) is 3.62. The van der Waals surface area contributed by atoms with Crippen LogP contribution in [0.4, 0.5) is 24.7 Å². The summed E-state index contributed by atoms with van der Waals surface area (Å²) in [6, 6.07) is 1.66. The summed E-state index contributed by atoms with van der Waals surface area (Å²) >= 11 is 0. The number of ether oxygens (including phenoxy) is 1. The molecular weight excluding hydrogens is 259 g/mol. The lowest BCUT2D eigenvalue weighted by molar-refractivity contribution is -0.120. The van der Waals surface area contributed by atoms with Gasteiger partial charge in [0, 0.05) is 19.2 Å². The van der Waals surface area contributed by atoms with E-state index in [1.165, 1.54) is 18.2 Å². The lowest BCUT2D eigenvalue weighted by Gasteiger charge is -2.37. The molecule has 0 aromatic carbocycles. The number of halogens is 3. The largest absolute Gasteiger partial charge is 0.495 e. The molecule has 3 rings (SSSR count). The van der Waals surface area contributed by atoms with Crippen LogP contribution in [0.3, 0.4) is 0 Å². The van der Waals surface area contributed by atoms with Gasteiger partial charge >= 0.3 is 6.18 Å². The molecule has 0 unspecified atom stereocenters. The van der Waals surface area contributed by atoms with Crippen LogP contribution in [0.15, 0.2) is 12.3 Å². The fourth-order valence-corrected chi connectivity index (χ4v) is 2.78. The predicted molar refractivity (Wildman–Crippen MR) is 64.8 cm³/mol. The SMILES string of the molecule is COc1cnc2c(c1)N1CC[C@@H](C1)N2CC(F)(F)F. The van der Waals surface area contributed by atoms with Crippen molar-refractivity contribution in [3.05, 3.63) is 12.3 Å². The molecule has 0 spiro atoms. The van der Waals surface area contributed by atoms with Gasteiger partial charge in [-0.1, -0.05) is 0 Å². The van der Waals surface area contributed by atoms with E-state index in [9.17, 15) is 13.2 Å². The van der Waals surface area contributed by atoms with Crippen molar-refractivity contribution < 1.29 is 17.9 Å². The Kier molecular flexibility index (Phi) is 2.72. The van der Waals surface area contributed by atoms with Gasteiger partial charge in [0.1, 0.15) is 12.3 Å². The molecule has 19 heavy (non-hydrogen) atoms. The Bertz CT molecular complexity index is 492. The van der Waals surface area contributed by atoms with Crippen LogP contribution in [0.5, 0.6) is 5.75 Å². The number of aromatic nitrogens is 1. The molecule has 0 radical (unpaired) electrons. The first-order chi connectivity index (χ1) is 8.98. The third kappa shape index (κ3) is 2.17. The zero-order valence-corrected chi connectivity index (χ0v) is 10.4. The molecule has 1 atom stereocenters. The van der Waals surface area contributed by atoms with Crippen LogP contribution < -0.4 is 14.5 Å². The molecule has 1 fully saturated rings. The Morgan fingerprint density at radius 2 is 2.26 bits per heavy atom. The van der Waals surface area contributed by atoms with Crippen LogP contribution >= 0.6 is 0 Å². The minimum absolute atomic E-state index is 0.102. The highest BCUT2D eigenvalue weighted by atomic mass is 19.4. The van der Waals surface area contributed by atoms with Gasteiger partial charge in [-0.2, -0.15) is 13.2 Å². The highest BCUT2D eigenvalue weighted by Gasteiger charge is 2.42. The van der Waals surface area contributed by atoms with Gasteiger partial charge in [0.25, 0.3) is 0 Å². The zero-order valence-electron chi connectivity index (χ0n) is 10.4. The van der Waals surface area contributed by atoms with Gasteiger partial charge in [0.2, 0.25) is 0 Å². The van der Waals surface area contributed by atoms with Crippen LogP contribution in [0.2, 0.25) is 0 Å². The second-order valence-corrected chi connectivity index (χ2v) is 4.85. The highest BCUT2D eigenvalue weighted by molar-refractivity contribution is 5.73. The number of alkyl halides is 3. The van der Waals surface area contributed by atoms with Crippen molar-refractivity contribution in [1.82, 2.24) is 4.98 Å². The van der Waals surface area contributed by atoms with Crippen LogP contribution in [0.1, 0.15) is 6.42 Å². The number of nitrogens with zero attached hydrogens (tertiary/aromatic N) is 3. The third-order valence-electron chi connectivity index (χ3n) is 3.62. The van der Waals surface area contributed by atoms with E-state index in [0.29, 0.717) is 18.1 Å². The van der Waals surface area contributed by atoms with Crippen molar-refractivity contribution in [3.63, 3.8) is 0 Å². The molecule has 104 valence electrons. The van der Waals surface area contributed by atoms with Gasteiger partial charge in [-0.05, 0) is 6.42 Å². The summed E-state index contributed by atoms with van der Waals surface area (Å²) in [6.45, 7) is 0.441. The molecule has 0 aliphatic carbocycles. The second-order valence-electron chi connectivity index (χ2n) is 4.85. The van der Waals surface area contributed by atoms with E-state index in [0.717, 1.165) is 18.7 Å². The first kappa shape index (κ1) is 12.4. The maximum Gasteiger partial charge on any atom is 0.405 e. The smallest absolute Gasteiger partial charge is 0.405 e. The fourth-order valence-electron chi connectivity index (χ4n) is 2.78. The van der Waals surface area contributed by atoms with Crippen molar-refractivity contribution in [1.29, 1.82) is 0 Å². The van der Waals surface area contributed by atoms with Crippen molar-refractivity contribution >= 4 is 11.5 Å². The maximum absolute atomic E-state index is 12.7. The lowest BCUT2D eigenvalue weighted by atomic mass is 10.1. The van der Waals surface area contributed by atoms with Crippen molar-refractivity contribution in [2.45, 2.75) is 18.6 Å². The molecule has 2 aliphatic rings. The normalized spacial score (nSPS) is 21.6. The van der Waals surface area contributed by atoms with Crippen molar-refractivity contribution in [2.75, 3.05) is 36.5 Å². The molecule has 7 heteroatoms. The molecule has 0 amide bonds. The average Bonchev–Trinajstić information content (AvgIpc) is 2.79. The zero-order chi connectivity index (χ0) is 13.6. The summed E-state index contributed by atoms with van der Waals surface area (Å²) in [4.78, 5) is 7.60. The lowest BCUT2D eigenvalue weighted by Crippen LogP contribution is -2.47. The highest BCUT2D eigenvalue weighted by Crippen LogP contribution is 2.41. The van der Waals surface area contributed by atoms with Crippen LogP contribution in [0, 0.1) is 0 Å². The van der Waals surface area contributed by atoms with E-state index in [4.69, 9.17) is 4.74 Å². The van der Waals surface area contributed by atoms with Crippen molar-refractivity contribution in [3.8, 4) is 5.75 Å². The van der Waals surface area contributed by atoms with Gasteiger partial charge in [0.05, 0.1) is 25.0 Å². The quantitative estimate of drug-likeness (QED) is 0.824. The summed E-state index contributed by atoms with van der Waals surface area (Å²) in [6.07, 6.45) is -2.02. The first-order valence-electron chi connectivity index (χ1n) is 6.10. The summed E-state index contributed by atoms with van der Waals surface area (Å²) in [7, 11) is 1.52. The number of anilines is 2. The van der Waals surface area contributed by atoms with Gasteiger partial charge in [-0.15, -0.1) is 0 Å². The van der Waals surface area contributed by atoms with E-state index < -0.39 is 12.7 Å². The molecule has 0 saturated carbocycles. The minimum Gasteiger partial charge on any atom is -0.495 e. The number of methoxy groups -OCH3 is 1.